The first-order valence-electron chi connectivity index (χ1n) is 7.32. The fraction of sp³-hybridized carbons (Fsp3) is 1.00. The maximum absolute atomic E-state index is 12.4. The Bertz CT molecular complexity index is 260. The van der Waals surface area contributed by atoms with Crippen LogP contribution in [0.1, 0.15) is 47.0 Å². The molecule has 0 aromatic heterocycles. The van der Waals surface area contributed by atoms with Crippen LogP contribution in [0.25, 0.3) is 0 Å². The Morgan fingerprint density at radius 3 is 2.67 bits per heavy atom. The summed E-state index contributed by atoms with van der Waals surface area (Å²) in [6.07, 6.45) is 3.38. The van der Waals surface area contributed by atoms with Crippen LogP contribution in [-0.4, -0.2) is 40.5 Å². The van der Waals surface area contributed by atoms with Gasteiger partial charge in [0.1, 0.15) is 0 Å². The fourth-order valence-electron chi connectivity index (χ4n) is 2.40. The highest BCUT2D eigenvalue weighted by atomic mass is 32.2. The lowest BCUT2D eigenvalue weighted by Gasteiger charge is -2.25. The van der Waals surface area contributed by atoms with Crippen molar-refractivity contribution in [2.45, 2.75) is 64.4 Å². The normalized spacial score (nSPS) is 29.1. The van der Waals surface area contributed by atoms with Gasteiger partial charge in [0, 0.05) is 29.2 Å². The van der Waals surface area contributed by atoms with E-state index in [4.69, 9.17) is 4.74 Å². The highest BCUT2D eigenvalue weighted by Gasteiger charge is 2.31. The zero-order valence-corrected chi connectivity index (χ0v) is 13.1. The van der Waals surface area contributed by atoms with Gasteiger partial charge in [-0.25, -0.2) is 0 Å². The van der Waals surface area contributed by atoms with Crippen LogP contribution in [0, 0.1) is 5.92 Å². The van der Waals surface area contributed by atoms with E-state index in [2.05, 4.69) is 26.1 Å². The van der Waals surface area contributed by atoms with Crippen LogP contribution in [0.5, 0.6) is 0 Å². The van der Waals surface area contributed by atoms with Crippen molar-refractivity contribution in [2.24, 2.45) is 5.92 Å². The maximum Gasteiger partial charge on any atom is 0.0691 e. The molecule has 0 aromatic rings. The van der Waals surface area contributed by atoms with Crippen molar-refractivity contribution in [1.29, 1.82) is 0 Å². The van der Waals surface area contributed by atoms with E-state index in [-0.39, 0.29) is 11.4 Å². The van der Waals surface area contributed by atoms with Crippen molar-refractivity contribution in [2.75, 3.05) is 18.9 Å². The van der Waals surface area contributed by atoms with Crippen molar-refractivity contribution in [1.82, 2.24) is 5.32 Å². The van der Waals surface area contributed by atoms with Crippen molar-refractivity contribution in [3.63, 3.8) is 0 Å². The van der Waals surface area contributed by atoms with E-state index >= 15 is 0 Å². The highest BCUT2D eigenvalue weighted by Crippen LogP contribution is 2.20. The second-order valence-corrected chi connectivity index (χ2v) is 7.10. The number of nitrogens with one attached hydrogen (secondary N) is 1. The molecule has 18 heavy (non-hydrogen) atoms. The monoisotopic (exact) mass is 275 g/mol. The summed E-state index contributed by atoms with van der Waals surface area (Å²) in [7, 11) is -0.769. The van der Waals surface area contributed by atoms with Gasteiger partial charge in [0.25, 0.3) is 0 Å². The van der Waals surface area contributed by atoms with Gasteiger partial charge >= 0.3 is 0 Å². The third-order valence-corrected chi connectivity index (χ3v) is 5.96. The Morgan fingerprint density at radius 2 is 2.17 bits per heavy atom. The summed E-state index contributed by atoms with van der Waals surface area (Å²) in [4.78, 5) is 0. The second kappa shape index (κ2) is 8.28. The third-order valence-electron chi connectivity index (χ3n) is 3.98. The second-order valence-electron chi connectivity index (χ2n) is 5.40. The standard InChI is InChI=1S/C14H29NO2S/c1-5-8-15-13(11(3)6-2)10-18(16)14-7-9-17-12(14)4/h11-15H,5-10H2,1-4H3. The van der Waals surface area contributed by atoms with E-state index < -0.39 is 10.8 Å². The maximum atomic E-state index is 12.4. The van der Waals surface area contributed by atoms with Gasteiger partial charge < -0.3 is 10.1 Å². The van der Waals surface area contributed by atoms with Gasteiger partial charge in [0.05, 0.1) is 11.4 Å². The molecule has 4 heteroatoms. The van der Waals surface area contributed by atoms with Gasteiger partial charge in [0.15, 0.2) is 0 Å². The number of rotatable bonds is 8. The summed E-state index contributed by atoms with van der Waals surface area (Å²) in [5.41, 5.74) is 0. The highest BCUT2D eigenvalue weighted by molar-refractivity contribution is 7.85. The van der Waals surface area contributed by atoms with Gasteiger partial charge in [-0.1, -0.05) is 27.2 Å². The number of ether oxygens (including phenoxy) is 1. The average molecular weight is 275 g/mol. The quantitative estimate of drug-likeness (QED) is 0.739. The molecule has 0 bridgehead atoms. The first kappa shape index (κ1) is 16.1. The molecule has 1 saturated heterocycles. The lowest BCUT2D eigenvalue weighted by Crippen LogP contribution is -2.42. The Kier molecular flexibility index (Phi) is 7.42. The smallest absolute Gasteiger partial charge is 0.0691 e. The zero-order valence-electron chi connectivity index (χ0n) is 12.3. The molecule has 5 atom stereocenters. The predicted octanol–water partition coefficient (Wildman–Crippen LogP) is 2.33. The SMILES string of the molecule is CCCNC(CS(=O)C1CCOC1C)C(C)CC. The summed E-state index contributed by atoms with van der Waals surface area (Å²) in [5.74, 6) is 1.35. The number of hydrogen-bond donors (Lipinski definition) is 1. The van der Waals surface area contributed by atoms with Crippen LogP contribution in [0.2, 0.25) is 0 Å². The van der Waals surface area contributed by atoms with Gasteiger partial charge in [-0.05, 0) is 32.2 Å². The van der Waals surface area contributed by atoms with Crippen LogP contribution >= 0.6 is 0 Å². The van der Waals surface area contributed by atoms with Crippen LogP contribution in [0.3, 0.4) is 0 Å². The van der Waals surface area contributed by atoms with Crippen molar-refractivity contribution < 1.29 is 8.95 Å². The van der Waals surface area contributed by atoms with Gasteiger partial charge in [0.2, 0.25) is 0 Å². The van der Waals surface area contributed by atoms with E-state index in [1.54, 1.807) is 0 Å². The molecular formula is C14H29NO2S. The molecule has 0 radical (unpaired) electrons. The molecule has 1 rings (SSSR count). The Balaban J connectivity index is 2.50. The molecule has 1 aliphatic rings. The summed E-state index contributed by atoms with van der Waals surface area (Å²) >= 11 is 0. The average Bonchev–Trinajstić information content (AvgIpc) is 2.79. The van der Waals surface area contributed by atoms with Gasteiger partial charge in [-0.2, -0.15) is 0 Å². The molecule has 0 saturated carbocycles. The minimum atomic E-state index is -0.769. The van der Waals surface area contributed by atoms with Crippen LogP contribution in [0.15, 0.2) is 0 Å². The van der Waals surface area contributed by atoms with E-state index in [9.17, 15) is 4.21 Å². The summed E-state index contributed by atoms with van der Waals surface area (Å²) in [6, 6.07) is 0.378. The first-order chi connectivity index (χ1) is 8.60. The van der Waals surface area contributed by atoms with Crippen molar-refractivity contribution in [3.05, 3.63) is 0 Å². The topological polar surface area (TPSA) is 38.3 Å². The van der Waals surface area contributed by atoms with Crippen molar-refractivity contribution in [3.8, 4) is 0 Å². The molecule has 0 aromatic carbocycles. The molecule has 3 nitrogen and oxygen atoms in total. The molecule has 1 aliphatic heterocycles. The molecule has 0 spiro atoms. The molecular weight excluding hydrogens is 246 g/mol. The Labute approximate surface area is 115 Å². The fourth-order valence-corrected chi connectivity index (χ4v) is 4.31. The number of hydrogen-bond acceptors (Lipinski definition) is 3. The summed E-state index contributed by atoms with van der Waals surface area (Å²) < 4.78 is 18.0. The van der Waals surface area contributed by atoms with Gasteiger partial charge in [-0.15, -0.1) is 0 Å². The van der Waals surface area contributed by atoms with Crippen molar-refractivity contribution >= 4 is 10.8 Å². The lowest BCUT2D eigenvalue weighted by atomic mass is 10.0. The van der Waals surface area contributed by atoms with E-state index in [1.165, 1.54) is 0 Å². The minimum Gasteiger partial charge on any atom is -0.377 e. The largest absolute Gasteiger partial charge is 0.377 e. The molecule has 1 heterocycles. The van der Waals surface area contributed by atoms with E-state index in [1.807, 2.05) is 6.92 Å². The Hall–Kier alpha value is 0.0700. The lowest BCUT2D eigenvalue weighted by molar-refractivity contribution is 0.127. The molecule has 0 amide bonds. The summed E-state index contributed by atoms with van der Waals surface area (Å²) in [6.45, 7) is 10.5. The van der Waals surface area contributed by atoms with Crippen LogP contribution < -0.4 is 5.32 Å². The molecule has 0 aliphatic carbocycles. The third kappa shape index (κ3) is 4.63. The van der Waals surface area contributed by atoms with Crippen LogP contribution in [0.4, 0.5) is 0 Å². The molecule has 1 N–H and O–H groups in total. The van der Waals surface area contributed by atoms with E-state index in [0.29, 0.717) is 12.0 Å². The molecule has 108 valence electrons. The van der Waals surface area contributed by atoms with Gasteiger partial charge in [-0.3, -0.25) is 4.21 Å². The summed E-state index contributed by atoms with van der Waals surface area (Å²) in [5, 5.41) is 3.79. The zero-order chi connectivity index (χ0) is 13.5. The first-order valence-corrected chi connectivity index (χ1v) is 8.70. The predicted molar refractivity (Wildman–Crippen MR) is 78.4 cm³/mol. The minimum absolute atomic E-state index is 0.162. The van der Waals surface area contributed by atoms with E-state index in [0.717, 1.165) is 38.2 Å². The molecule has 5 unspecified atom stereocenters. The van der Waals surface area contributed by atoms with Crippen LogP contribution in [-0.2, 0) is 15.5 Å². The molecule has 1 fully saturated rings. The Morgan fingerprint density at radius 1 is 1.44 bits per heavy atom.